The normalized spacial score (nSPS) is 14.2. The number of phenols is 1. The molecule has 0 saturated carbocycles. The molecular formula is C25H26O5. The lowest BCUT2D eigenvalue weighted by molar-refractivity contribution is -0.138. The standard InChI is InChI=1S/C25H26O5/c1-16(2)8-10-18-6-5-7-20(23(18)30-28)21(26)11-9-17-14-19-12-13-25(3,4)29-24(19)22(27)15-17/h5-9,11-15,27-28H,10H2,1-4H3. The maximum absolute atomic E-state index is 12.8. The van der Waals surface area contributed by atoms with Gasteiger partial charge in [0.15, 0.2) is 23.0 Å². The molecule has 5 nitrogen and oxygen atoms in total. The number of phenolic OH excluding ortho intramolecular Hbond substituents is 1. The van der Waals surface area contributed by atoms with Crippen molar-refractivity contribution in [3.63, 3.8) is 0 Å². The lowest BCUT2D eigenvalue weighted by Gasteiger charge is -2.28. The number of hydrogen-bond donors (Lipinski definition) is 2. The molecule has 0 amide bonds. The van der Waals surface area contributed by atoms with Gasteiger partial charge in [-0.15, -0.1) is 0 Å². The molecule has 1 aliphatic heterocycles. The van der Waals surface area contributed by atoms with Crippen LogP contribution in [0.5, 0.6) is 17.2 Å². The third-order valence-electron chi connectivity index (χ3n) is 4.76. The summed E-state index contributed by atoms with van der Waals surface area (Å²) in [6, 6.07) is 8.55. The number of ketones is 1. The van der Waals surface area contributed by atoms with Gasteiger partial charge in [0.05, 0.1) is 5.56 Å². The zero-order valence-electron chi connectivity index (χ0n) is 17.6. The molecule has 2 aromatic rings. The summed E-state index contributed by atoms with van der Waals surface area (Å²) in [6.07, 6.45) is 9.35. The second kappa shape index (κ2) is 8.59. The number of rotatable bonds is 6. The van der Waals surface area contributed by atoms with Gasteiger partial charge in [-0.1, -0.05) is 35.9 Å². The number of hydrogen-bond acceptors (Lipinski definition) is 5. The Morgan fingerprint density at radius 2 is 2.00 bits per heavy atom. The van der Waals surface area contributed by atoms with E-state index in [4.69, 9.17) is 4.74 Å². The zero-order valence-corrected chi connectivity index (χ0v) is 17.6. The molecule has 0 radical (unpaired) electrons. The van der Waals surface area contributed by atoms with Crippen molar-refractivity contribution < 1.29 is 24.8 Å². The number of carbonyl (C=O) groups is 1. The fourth-order valence-electron chi connectivity index (χ4n) is 3.20. The molecule has 1 heterocycles. The summed E-state index contributed by atoms with van der Waals surface area (Å²) in [5, 5.41) is 19.7. The van der Waals surface area contributed by atoms with E-state index in [-0.39, 0.29) is 22.8 Å². The number of fused-ring (bicyclic) bond motifs is 1. The number of para-hydroxylation sites is 1. The Hall–Kier alpha value is -3.31. The third-order valence-corrected chi connectivity index (χ3v) is 4.76. The maximum atomic E-state index is 12.8. The average molecular weight is 406 g/mol. The largest absolute Gasteiger partial charge is 0.504 e. The van der Waals surface area contributed by atoms with E-state index in [1.54, 1.807) is 30.3 Å². The van der Waals surface area contributed by atoms with Gasteiger partial charge in [0.1, 0.15) is 5.60 Å². The molecule has 0 atom stereocenters. The molecule has 156 valence electrons. The minimum absolute atomic E-state index is 0.0140. The van der Waals surface area contributed by atoms with Gasteiger partial charge >= 0.3 is 0 Å². The van der Waals surface area contributed by atoms with Crippen molar-refractivity contribution >= 4 is 17.9 Å². The molecule has 5 heteroatoms. The van der Waals surface area contributed by atoms with Crippen molar-refractivity contribution in [3.05, 3.63) is 76.4 Å². The van der Waals surface area contributed by atoms with Crippen molar-refractivity contribution in [2.75, 3.05) is 0 Å². The van der Waals surface area contributed by atoms with Crippen molar-refractivity contribution in [2.24, 2.45) is 0 Å². The SMILES string of the molecule is CC(C)=CCc1cccc(C(=O)C=Cc2cc(O)c3c(c2)C=CC(C)(C)O3)c1OO. The van der Waals surface area contributed by atoms with Crippen molar-refractivity contribution in [2.45, 2.75) is 39.7 Å². The Balaban J connectivity index is 1.87. The summed E-state index contributed by atoms with van der Waals surface area (Å²) in [5.74, 6) is 0.272. The highest BCUT2D eigenvalue weighted by molar-refractivity contribution is 6.09. The van der Waals surface area contributed by atoms with Crippen LogP contribution in [0.2, 0.25) is 0 Å². The number of allylic oxidation sites excluding steroid dienone is 3. The Bertz CT molecular complexity index is 1050. The van der Waals surface area contributed by atoms with Crippen molar-refractivity contribution in [1.29, 1.82) is 0 Å². The van der Waals surface area contributed by atoms with Crippen LogP contribution in [-0.2, 0) is 6.42 Å². The van der Waals surface area contributed by atoms with Gasteiger partial charge < -0.3 is 14.7 Å². The lowest BCUT2D eigenvalue weighted by atomic mass is 9.99. The van der Waals surface area contributed by atoms with Crippen LogP contribution < -0.4 is 9.62 Å². The molecule has 0 spiro atoms. The van der Waals surface area contributed by atoms with Gasteiger partial charge in [-0.05, 0) is 70.0 Å². The smallest absolute Gasteiger partial charge is 0.189 e. The highest BCUT2D eigenvalue weighted by Gasteiger charge is 2.24. The van der Waals surface area contributed by atoms with Crippen LogP contribution >= 0.6 is 0 Å². The van der Waals surface area contributed by atoms with Gasteiger partial charge in [0, 0.05) is 11.1 Å². The van der Waals surface area contributed by atoms with E-state index in [2.05, 4.69) is 4.89 Å². The van der Waals surface area contributed by atoms with Crippen LogP contribution in [-0.4, -0.2) is 21.7 Å². The topological polar surface area (TPSA) is 76.0 Å². The molecule has 0 saturated heterocycles. The Morgan fingerprint density at radius 3 is 2.70 bits per heavy atom. The fraction of sp³-hybridized carbons (Fsp3) is 0.240. The highest BCUT2D eigenvalue weighted by atomic mass is 17.1. The van der Waals surface area contributed by atoms with Crippen LogP contribution in [0.3, 0.4) is 0 Å². The first-order valence-corrected chi connectivity index (χ1v) is 9.74. The van der Waals surface area contributed by atoms with Crippen LogP contribution in [0.25, 0.3) is 12.2 Å². The quantitative estimate of drug-likeness (QED) is 0.207. The number of aromatic hydroxyl groups is 1. The van der Waals surface area contributed by atoms with E-state index in [0.717, 1.165) is 11.1 Å². The minimum Gasteiger partial charge on any atom is -0.504 e. The molecular weight excluding hydrogens is 380 g/mol. The van der Waals surface area contributed by atoms with Crippen LogP contribution in [0, 0.1) is 0 Å². The Kier molecular flexibility index (Phi) is 6.13. The monoisotopic (exact) mass is 406 g/mol. The summed E-state index contributed by atoms with van der Waals surface area (Å²) < 4.78 is 5.81. The van der Waals surface area contributed by atoms with E-state index in [0.29, 0.717) is 23.3 Å². The first kappa shape index (κ1) is 21.4. The van der Waals surface area contributed by atoms with E-state index < -0.39 is 5.60 Å². The van der Waals surface area contributed by atoms with E-state index in [9.17, 15) is 15.2 Å². The Labute approximate surface area is 176 Å². The van der Waals surface area contributed by atoms with Crippen LogP contribution in [0.1, 0.15) is 54.7 Å². The molecule has 2 N–H and O–H groups in total. The third kappa shape index (κ3) is 4.81. The molecule has 1 aliphatic rings. The highest BCUT2D eigenvalue weighted by Crippen LogP contribution is 2.39. The average Bonchev–Trinajstić information content (AvgIpc) is 2.70. The van der Waals surface area contributed by atoms with E-state index >= 15 is 0 Å². The summed E-state index contributed by atoms with van der Waals surface area (Å²) in [6.45, 7) is 7.77. The number of benzene rings is 2. The summed E-state index contributed by atoms with van der Waals surface area (Å²) in [7, 11) is 0. The molecule has 0 aliphatic carbocycles. The molecule has 0 aromatic heterocycles. The molecule has 0 fully saturated rings. The maximum Gasteiger partial charge on any atom is 0.189 e. The fourth-order valence-corrected chi connectivity index (χ4v) is 3.20. The van der Waals surface area contributed by atoms with Gasteiger partial charge in [-0.2, -0.15) is 0 Å². The predicted octanol–water partition coefficient (Wildman–Crippen LogP) is 5.83. The summed E-state index contributed by atoms with van der Waals surface area (Å²) in [4.78, 5) is 17.3. The van der Waals surface area contributed by atoms with E-state index in [1.807, 2.05) is 52.0 Å². The van der Waals surface area contributed by atoms with Gasteiger partial charge in [-0.25, -0.2) is 5.26 Å². The van der Waals surface area contributed by atoms with Gasteiger partial charge in [0.25, 0.3) is 0 Å². The number of ether oxygens (including phenoxy) is 1. The molecule has 2 aromatic carbocycles. The van der Waals surface area contributed by atoms with Crippen LogP contribution in [0.15, 0.2) is 54.1 Å². The molecule has 0 bridgehead atoms. The number of carbonyl (C=O) groups excluding carboxylic acids is 1. The van der Waals surface area contributed by atoms with Crippen LogP contribution in [0.4, 0.5) is 0 Å². The second-order valence-electron chi connectivity index (χ2n) is 8.07. The summed E-state index contributed by atoms with van der Waals surface area (Å²) >= 11 is 0. The molecule has 3 rings (SSSR count). The molecule has 0 unspecified atom stereocenters. The van der Waals surface area contributed by atoms with E-state index in [1.165, 1.54) is 6.08 Å². The first-order valence-electron chi connectivity index (χ1n) is 9.74. The lowest BCUT2D eigenvalue weighted by Crippen LogP contribution is -2.27. The minimum atomic E-state index is -0.491. The van der Waals surface area contributed by atoms with Gasteiger partial charge in [0.2, 0.25) is 0 Å². The first-order chi connectivity index (χ1) is 14.2. The Morgan fingerprint density at radius 1 is 1.23 bits per heavy atom. The zero-order chi connectivity index (χ0) is 21.9. The second-order valence-corrected chi connectivity index (χ2v) is 8.07. The van der Waals surface area contributed by atoms with Crippen molar-refractivity contribution in [3.8, 4) is 17.2 Å². The predicted molar refractivity (Wildman–Crippen MR) is 118 cm³/mol. The van der Waals surface area contributed by atoms with Crippen molar-refractivity contribution in [1.82, 2.24) is 0 Å². The molecule has 30 heavy (non-hydrogen) atoms. The van der Waals surface area contributed by atoms with Gasteiger partial charge in [-0.3, -0.25) is 4.79 Å². The summed E-state index contributed by atoms with van der Waals surface area (Å²) in [5.41, 5.74) is 3.01.